The van der Waals surface area contributed by atoms with Gasteiger partial charge in [-0.1, -0.05) is 11.6 Å². The van der Waals surface area contributed by atoms with Crippen LogP contribution in [-0.2, 0) is 6.54 Å². The predicted molar refractivity (Wildman–Crippen MR) is 123 cm³/mol. The monoisotopic (exact) mass is 435 g/mol. The van der Waals surface area contributed by atoms with Crippen LogP contribution >= 0.6 is 11.6 Å². The van der Waals surface area contributed by atoms with Crippen LogP contribution in [0.25, 0.3) is 21.9 Å². The third-order valence-corrected chi connectivity index (χ3v) is 5.91. The van der Waals surface area contributed by atoms with Crippen molar-refractivity contribution in [1.82, 2.24) is 19.5 Å². The number of aromatic amines is 1. The van der Waals surface area contributed by atoms with Crippen LogP contribution in [0, 0.1) is 0 Å². The molecule has 1 aliphatic heterocycles. The number of ether oxygens (including phenoxy) is 1. The summed E-state index contributed by atoms with van der Waals surface area (Å²) >= 11 is 6.09. The van der Waals surface area contributed by atoms with Gasteiger partial charge in [0.25, 0.3) is 5.56 Å². The van der Waals surface area contributed by atoms with Gasteiger partial charge in [-0.25, -0.2) is 4.98 Å². The standard InChI is InChI=1S/C23H22ClN5O2/c1-31-20-7-4-15(10-16(20)13-28-8-2-3-9-28)12-26-29-14-25-21-18-11-17(24)5-6-19(18)27-22(21)23(29)30/h4-7,10-12,14,27H,2-3,8-9,13H2,1H3/b26-12+. The largest absolute Gasteiger partial charge is 0.496 e. The van der Waals surface area contributed by atoms with Gasteiger partial charge in [-0.15, -0.1) is 0 Å². The molecule has 1 N–H and O–H groups in total. The molecule has 0 aliphatic carbocycles. The highest BCUT2D eigenvalue weighted by Gasteiger charge is 2.15. The Morgan fingerprint density at radius 1 is 1.23 bits per heavy atom. The van der Waals surface area contributed by atoms with E-state index < -0.39 is 0 Å². The summed E-state index contributed by atoms with van der Waals surface area (Å²) in [5, 5.41) is 5.77. The molecule has 2 aromatic carbocycles. The van der Waals surface area contributed by atoms with Crippen LogP contribution in [0.4, 0.5) is 0 Å². The normalized spacial score (nSPS) is 14.9. The number of halogens is 1. The SMILES string of the molecule is COc1ccc(/C=N/n2cnc3c([nH]c4ccc(Cl)cc43)c2=O)cc1CN1CCCC1. The number of H-pyrrole nitrogens is 1. The van der Waals surface area contributed by atoms with Gasteiger partial charge in [-0.3, -0.25) is 9.69 Å². The summed E-state index contributed by atoms with van der Waals surface area (Å²) in [5.41, 5.74) is 3.55. The number of benzene rings is 2. The average Bonchev–Trinajstić information content (AvgIpc) is 3.41. The summed E-state index contributed by atoms with van der Waals surface area (Å²) in [7, 11) is 1.69. The maximum Gasteiger partial charge on any atom is 0.298 e. The van der Waals surface area contributed by atoms with Crippen LogP contribution in [0.1, 0.15) is 24.0 Å². The molecule has 1 aliphatic rings. The Morgan fingerprint density at radius 3 is 2.87 bits per heavy atom. The van der Waals surface area contributed by atoms with E-state index in [4.69, 9.17) is 16.3 Å². The Morgan fingerprint density at radius 2 is 2.06 bits per heavy atom. The fourth-order valence-corrected chi connectivity index (χ4v) is 4.29. The van der Waals surface area contributed by atoms with Crippen molar-refractivity contribution in [1.29, 1.82) is 0 Å². The summed E-state index contributed by atoms with van der Waals surface area (Å²) in [4.78, 5) is 22.9. The molecular weight excluding hydrogens is 414 g/mol. The zero-order valence-corrected chi connectivity index (χ0v) is 17.9. The molecule has 0 radical (unpaired) electrons. The van der Waals surface area contributed by atoms with Crippen LogP contribution in [0.5, 0.6) is 5.75 Å². The lowest BCUT2D eigenvalue weighted by Gasteiger charge is -2.17. The van der Waals surface area contributed by atoms with E-state index in [1.54, 1.807) is 25.5 Å². The molecule has 0 spiro atoms. The van der Waals surface area contributed by atoms with Gasteiger partial charge in [0.15, 0.2) is 0 Å². The molecule has 0 saturated carbocycles. The smallest absolute Gasteiger partial charge is 0.298 e. The highest BCUT2D eigenvalue weighted by Crippen LogP contribution is 2.25. The summed E-state index contributed by atoms with van der Waals surface area (Å²) in [6.07, 6.45) is 5.58. The molecule has 3 heterocycles. The summed E-state index contributed by atoms with van der Waals surface area (Å²) < 4.78 is 6.77. The molecule has 5 rings (SSSR count). The molecule has 7 nitrogen and oxygen atoms in total. The second-order valence-corrected chi connectivity index (χ2v) is 8.17. The summed E-state index contributed by atoms with van der Waals surface area (Å²) in [6.45, 7) is 3.06. The number of likely N-dealkylation sites (tertiary alicyclic amines) is 1. The average molecular weight is 436 g/mol. The first-order valence-electron chi connectivity index (χ1n) is 10.2. The van der Waals surface area contributed by atoms with Gasteiger partial charge in [0.05, 0.1) is 13.3 Å². The van der Waals surface area contributed by atoms with Crippen molar-refractivity contribution in [3.8, 4) is 5.75 Å². The number of rotatable bonds is 5. The molecule has 8 heteroatoms. The van der Waals surface area contributed by atoms with Crippen molar-refractivity contribution in [3.05, 3.63) is 69.2 Å². The minimum absolute atomic E-state index is 0.264. The molecule has 0 atom stereocenters. The second kappa shape index (κ2) is 8.17. The van der Waals surface area contributed by atoms with E-state index in [0.29, 0.717) is 16.1 Å². The fourth-order valence-electron chi connectivity index (χ4n) is 4.11. The Hall–Kier alpha value is -3.16. The minimum atomic E-state index is -0.264. The lowest BCUT2D eigenvalue weighted by molar-refractivity contribution is 0.321. The van der Waals surface area contributed by atoms with Crippen molar-refractivity contribution in [3.63, 3.8) is 0 Å². The maximum absolute atomic E-state index is 12.9. The highest BCUT2D eigenvalue weighted by molar-refractivity contribution is 6.31. The van der Waals surface area contributed by atoms with E-state index in [-0.39, 0.29) is 5.56 Å². The number of hydrogen-bond acceptors (Lipinski definition) is 5. The summed E-state index contributed by atoms with van der Waals surface area (Å²) in [5.74, 6) is 0.862. The lowest BCUT2D eigenvalue weighted by Crippen LogP contribution is -2.19. The quantitative estimate of drug-likeness (QED) is 0.480. The Bertz CT molecular complexity index is 1350. The number of nitrogens with one attached hydrogen (secondary N) is 1. The van der Waals surface area contributed by atoms with Gasteiger partial charge in [-0.05, 0) is 67.9 Å². The maximum atomic E-state index is 12.9. The number of nitrogens with zero attached hydrogens (tertiary/aromatic N) is 4. The number of methoxy groups -OCH3 is 1. The first kappa shape index (κ1) is 19.8. The third kappa shape index (κ3) is 3.82. The molecule has 0 unspecified atom stereocenters. The lowest BCUT2D eigenvalue weighted by atomic mass is 10.1. The molecule has 0 amide bonds. The topological polar surface area (TPSA) is 75.5 Å². The predicted octanol–water partition coefficient (Wildman–Crippen LogP) is 4.02. The fraction of sp³-hybridized carbons (Fsp3) is 0.261. The minimum Gasteiger partial charge on any atom is -0.496 e. The van der Waals surface area contributed by atoms with Crippen LogP contribution in [0.2, 0.25) is 5.02 Å². The highest BCUT2D eigenvalue weighted by atomic mass is 35.5. The number of fused-ring (bicyclic) bond motifs is 3. The van der Waals surface area contributed by atoms with E-state index in [0.717, 1.165) is 47.4 Å². The number of aromatic nitrogens is 3. The van der Waals surface area contributed by atoms with E-state index in [9.17, 15) is 4.79 Å². The second-order valence-electron chi connectivity index (χ2n) is 7.73. The third-order valence-electron chi connectivity index (χ3n) is 5.68. The van der Waals surface area contributed by atoms with E-state index >= 15 is 0 Å². The van der Waals surface area contributed by atoms with E-state index in [2.05, 4.69) is 26.0 Å². The van der Waals surface area contributed by atoms with Crippen LogP contribution in [-0.4, -0.2) is 46.0 Å². The van der Waals surface area contributed by atoms with E-state index in [1.165, 1.54) is 23.8 Å². The summed E-state index contributed by atoms with van der Waals surface area (Å²) in [6, 6.07) is 11.3. The Kier molecular flexibility index (Phi) is 5.21. The molecule has 158 valence electrons. The molecule has 1 fully saturated rings. The van der Waals surface area contributed by atoms with Gasteiger partial charge >= 0.3 is 0 Å². The first-order valence-corrected chi connectivity index (χ1v) is 10.6. The van der Waals surface area contributed by atoms with Gasteiger partial charge in [0.2, 0.25) is 0 Å². The van der Waals surface area contributed by atoms with Crippen molar-refractivity contribution in [2.45, 2.75) is 19.4 Å². The Balaban J connectivity index is 1.47. The molecular formula is C23H22ClN5O2. The molecule has 31 heavy (non-hydrogen) atoms. The Labute approximate surface area is 183 Å². The van der Waals surface area contributed by atoms with Crippen molar-refractivity contribution in [2.75, 3.05) is 20.2 Å². The van der Waals surface area contributed by atoms with Crippen molar-refractivity contribution < 1.29 is 4.74 Å². The van der Waals surface area contributed by atoms with Crippen molar-refractivity contribution in [2.24, 2.45) is 5.10 Å². The van der Waals surface area contributed by atoms with Gasteiger partial charge in [0.1, 0.15) is 23.1 Å². The van der Waals surface area contributed by atoms with Crippen LogP contribution < -0.4 is 10.3 Å². The zero-order valence-electron chi connectivity index (χ0n) is 17.1. The van der Waals surface area contributed by atoms with Crippen LogP contribution in [0.15, 0.2) is 52.6 Å². The van der Waals surface area contributed by atoms with Gasteiger partial charge < -0.3 is 9.72 Å². The van der Waals surface area contributed by atoms with Gasteiger partial charge in [-0.2, -0.15) is 9.78 Å². The zero-order chi connectivity index (χ0) is 21.4. The van der Waals surface area contributed by atoms with Crippen molar-refractivity contribution >= 4 is 39.8 Å². The number of hydrogen-bond donors (Lipinski definition) is 1. The first-order chi connectivity index (χ1) is 15.1. The molecule has 2 aromatic heterocycles. The molecule has 0 bridgehead atoms. The molecule has 1 saturated heterocycles. The van der Waals surface area contributed by atoms with Crippen LogP contribution in [0.3, 0.4) is 0 Å². The molecule has 4 aromatic rings. The van der Waals surface area contributed by atoms with Gasteiger partial charge in [0, 0.05) is 28.0 Å². The van der Waals surface area contributed by atoms with E-state index in [1.807, 2.05) is 18.2 Å².